The Balaban J connectivity index is 0.00000441. The maximum absolute atomic E-state index is 13.0. The quantitative estimate of drug-likeness (QED) is 0.156. The molecule has 0 heterocycles. The normalized spacial score (nSPS) is 11.5. The van der Waals surface area contributed by atoms with Gasteiger partial charge in [-0.2, -0.15) is 13.2 Å². The van der Waals surface area contributed by atoms with Crippen molar-refractivity contribution in [1.29, 1.82) is 0 Å². The van der Waals surface area contributed by atoms with Gasteiger partial charge in [0.1, 0.15) is 34.7 Å². The Labute approximate surface area is 244 Å². The van der Waals surface area contributed by atoms with Gasteiger partial charge in [-0.1, -0.05) is 67.9 Å². The monoisotopic (exact) mass is 630 g/mol. The number of aromatic hydroxyl groups is 1. The highest BCUT2D eigenvalue weighted by Gasteiger charge is 2.45. The Morgan fingerprint density at radius 2 is 1.27 bits per heavy atom. The van der Waals surface area contributed by atoms with Crippen molar-refractivity contribution < 1.29 is 44.8 Å². The van der Waals surface area contributed by atoms with Gasteiger partial charge in [0, 0.05) is 12.0 Å². The summed E-state index contributed by atoms with van der Waals surface area (Å²) in [5, 5.41) is 14.3. The van der Waals surface area contributed by atoms with Gasteiger partial charge in [-0.25, -0.2) is 0 Å². The first kappa shape index (κ1) is 31.4. The summed E-state index contributed by atoms with van der Waals surface area (Å²) >= 11 is 0. The number of ketones is 1. The molecule has 40 heavy (non-hydrogen) atoms. The summed E-state index contributed by atoms with van der Waals surface area (Å²) in [7, 11) is -2.05. The Morgan fingerprint density at radius 1 is 0.800 bits per heavy atom. The summed E-state index contributed by atoms with van der Waals surface area (Å²) < 4.78 is 45.1. The number of carbonyl (C=O) groups excluding carboxylic acids is 1. The Morgan fingerprint density at radius 3 is 1.70 bits per heavy atom. The van der Waals surface area contributed by atoms with Gasteiger partial charge >= 0.3 is 6.18 Å². The van der Waals surface area contributed by atoms with Crippen LogP contribution in [0.3, 0.4) is 0 Å². The van der Waals surface area contributed by atoms with Crippen molar-refractivity contribution >= 4 is 29.0 Å². The molecule has 0 atom stereocenters. The lowest BCUT2D eigenvalue weighted by atomic mass is 10.0. The van der Waals surface area contributed by atoms with Crippen LogP contribution < -0.4 is 37.6 Å². The first-order valence-corrected chi connectivity index (χ1v) is 14.9. The van der Waals surface area contributed by atoms with Gasteiger partial charge in [-0.3, -0.25) is 4.79 Å². The molecule has 4 aromatic carbocycles. The van der Waals surface area contributed by atoms with Gasteiger partial charge in [-0.15, -0.1) is 0 Å². The highest BCUT2D eigenvalue weighted by molar-refractivity contribution is 7.95. The summed E-state index contributed by atoms with van der Waals surface area (Å²) in [6.07, 6.45) is -2.73. The van der Waals surface area contributed by atoms with Gasteiger partial charge in [-0.05, 0) is 55.0 Å². The third kappa shape index (κ3) is 6.76. The maximum Gasteiger partial charge on any atom is 0.455 e. The number of carbonyl (C=O) groups is 1. The Kier molecular flexibility index (Phi) is 11.0. The van der Waals surface area contributed by atoms with Crippen molar-refractivity contribution in [2.24, 2.45) is 0 Å². The molecule has 0 spiro atoms. The van der Waals surface area contributed by atoms with Crippen molar-refractivity contribution in [2.45, 2.75) is 32.4 Å². The molecule has 0 saturated carbocycles. The minimum Gasteiger partial charge on any atom is -1.00 e. The molecule has 0 unspecified atom stereocenters. The van der Waals surface area contributed by atoms with E-state index in [0.717, 1.165) is 12.2 Å². The molecule has 4 rings (SSSR count). The number of hydrogen-bond acceptors (Lipinski definition) is 3. The van der Waals surface area contributed by atoms with Crippen molar-refractivity contribution in [3.05, 3.63) is 114 Å². The average Bonchev–Trinajstić information content (AvgIpc) is 2.95. The summed E-state index contributed by atoms with van der Waals surface area (Å²) in [5.74, 6) is -2.42. The number of phenols is 1. The first-order valence-electron chi connectivity index (χ1n) is 12.9. The third-order valence-corrected chi connectivity index (χ3v) is 11.3. The molecule has 0 radical (unpaired) electrons. The number of halogens is 4. The first-order chi connectivity index (χ1) is 18.8. The molecule has 4 aromatic rings. The number of rotatable bonds is 11. The van der Waals surface area contributed by atoms with E-state index in [9.17, 15) is 23.1 Å². The third-order valence-electron chi connectivity index (χ3n) is 6.73. The number of benzene rings is 4. The largest absolute Gasteiger partial charge is 1.00 e. The number of Topliss-reactive ketones (excluding diaryl/α,β-unsaturated/α-hetero) is 1. The molecule has 0 aliphatic heterocycles. The predicted molar refractivity (Wildman–Crippen MR) is 153 cm³/mol. The molecule has 210 valence electrons. The number of hydrogen-bond donors (Lipinski definition) is 1. The zero-order chi connectivity index (χ0) is 27.9. The van der Waals surface area contributed by atoms with Crippen LogP contribution in [0.5, 0.6) is 11.5 Å². The Bertz CT molecular complexity index is 1280. The molecule has 0 aliphatic carbocycles. The van der Waals surface area contributed by atoms with E-state index >= 15 is 0 Å². The van der Waals surface area contributed by atoms with Crippen LogP contribution in [0.4, 0.5) is 13.2 Å². The molecule has 0 aromatic heterocycles. The number of phenolic OH excluding ortho intramolecular Hbond substituents is 1. The second-order valence-electron chi connectivity index (χ2n) is 9.26. The van der Waals surface area contributed by atoms with Crippen LogP contribution in [0.2, 0.25) is 0 Å². The molecule has 0 amide bonds. The molecule has 1 N–H and O–H groups in total. The van der Waals surface area contributed by atoms with Crippen LogP contribution in [-0.2, 0) is 6.42 Å². The van der Waals surface area contributed by atoms with E-state index in [1.165, 1.54) is 22.0 Å². The lowest BCUT2D eigenvalue weighted by Gasteiger charge is -2.27. The minimum absolute atomic E-state index is 0. The van der Waals surface area contributed by atoms with E-state index in [-0.39, 0.29) is 29.0 Å². The average molecular weight is 631 g/mol. The zero-order valence-corrected chi connectivity index (χ0v) is 24.6. The van der Waals surface area contributed by atoms with Crippen LogP contribution >= 0.6 is 7.26 Å². The highest BCUT2D eigenvalue weighted by atomic mass is 79.9. The molecule has 0 bridgehead atoms. The standard InChI is InChI=1S/C32H30F3O3P.BrH/c1-2-13-27-29(21-20-28(30(27)36)31(37)32(33,34)35)38-22-12-23-39(24-14-6-3-7-15-24,25-16-8-4-9-17-25)26-18-10-5-11-19-26;/h3-11,14-21H,2,12-13,22-23H2,1H3;1H. The zero-order valence-electron chi connectivity index (χ0n) is 22.1. The van der Waals surface area contributed by atoms with Crippen molar-refractivity contribution in [2.75, 3.05) is 12.8 Å². The van der Waals surface area contributed by atoms with Gasteiger partial charge in [0.25, 0.3) is 5.78 Å². The van der Waals surface area contributed by atoms with E-state index < -0.39 is 30.5 Å². The van der Waals surface area contributed by atoms with Crippen LogP contribution in [0.1, 0.15) is 35.7 Å². The molecule has 3 nitrogen and oxygen atoms in total. The molecule has 0 fully saturated rings. The Hall–Kier alpha value is -3.15. The number of ether oxygens (including phenoxy) is 1. The van der Waals surface area contributed by atoms with Gasteiger partial charge in [0.15, 0.2) is 0 Å². The molecular formula is C32H31BrF3O3P. The SMILES string of the molecule is CCCc1c(OCCC[P+](c2ccccc2)(c2ccccc2)c2ccccc2)ccc(C(=O)C(F)(F)F)c1O.[Br-]. The lowest BCUT2D eigenvalue weighted by molar-refractivity contribution is -0.0886. The van der Waals surface area contributed by atoms with Gasteiger partial charge in [0.05, 0.1) is 18.3 Å². The fourth-order valence-corrected chi connectivity index (χ4v) is 9.26. The second-order valence-corrected chi connectivity index (χ2v) is 12.9. The smallest absolute Gasteiger partial charge is 0.455 e. The fraction of sp³-hybridized carbons (Fsp3) is 0.219. The lowest BCUT2D eigenvalue weighted by Crippen LogP contribution is -3.00. The van der Waals surface area contributed by atoms with Crippen molar-refractivity contribution in [1.82, 2.24) is 0 Å². The van der Waals surface area contributed by atoms with Crippen LogP contribution in [0.25, 0.3) is 0 Å². The van der Waals surface area contributed by atoms with E-state index in [2.05, 4.69) is 72.8 Å². The predicted octanol–water partition coefficient (Wildman–Crippen LogP) is 3.86. The van der Waals surface area contributed by atoms with Crippen LogP contribution in [0.15, 0.2) is 103 Å². The van der Waals surface area contributed by atoms with Gasteiger partial charge < -0.3 is 26.8 Å². The minimum atomic E-state index is -5.07. The molecule has 0 saturated heterocycles. The van der Waals surface area contributed by atoms with Gasteiger partial charge in [0.2, 0.25) is 0 Å². The van der Waals surface area contributed by atoms with Crippen molar-refractivity contribution in [3.63, 3.8) is 0 Å². The summed E-state index contributed by atoms with van der Waals surface area (Å²) in [5.41, 5.74) is -0.525. The van der Waals surface area contributed by atoms with Crippen LogP contribution in [0, 0.1) is 0 Å². The molecule has 0 aliphatic rings. The van der Waals surface area contributed by atoms with E-state index in [1.54, 1.807) is 0 Å². The molecular weight excluding hydrogens is 600 g/mol. The maximum atomic E-state index is 13.0. The topological polar surface area (TPSA) is 46.5 Å². The van der Waals surface area contributed by atoms with Crippen LogP contribution in [-0.4, -0.2) is 29.8 Å². The van der Waals surface area contributed by atoms with E-state index in [0.29, 0.717) is 25.2 Å². The summed E-state index contributed by atoms with van der Waals surface area (Å²) in [6.45, 7) is 2.15. The fourth-order valence-electron chi connectivity index (χ4n) is 4.95. The van der Waals surface area contributed by atoms with Crippen molar-refractivity contribution in [3.8, 4) is 11.5 Å². The second kappa shape index (κ2) is 14.0. The highest BCUT2D eigenvalue weighted by Crippen LogP contribution is 2.55. The van der Waals surface area contributed by atoms with E-state index in [4.69, 9.17) is 4.74 Å². The van der Waals surface area contributed by atoms with E-state index in [1.807, 2.05) is 25.1 Å². The summed E-state index contributed by atoms with van der Waals surface area (Å²) in [6, 6.07) is 33.7. The summed E-state index contributed by atoms with van der Waals surface area (Å²) in [4.78, 5) is 11.8. The molecule has 8 heteroatoms. The number of alkyl halides is 3.